The third-order valence-corrected chi connectivity index (χ3v) is 3.87. The first-order valence-electron chi connectivity index (χ1n) is 6.47. The van der Waals surface area contributed by atoms with Gasteiger partial charge in [-0.3, -0.25) is 4.79 Å². The molecular weight excluding hydrogens is 277 g/mol. The van der Waals surface area contributed by atoms with Gasteiger partial charge in [0.2, 0.25) is 0 Å². The number of amides is 1. The molecule has 0 radical (unpaired) electrons. The summed E-state index contributed by atoms with van der Waals surface area (Å²) in [5.41, 5.74) is 2.21. The van der Waals surface area contributed by atoms with E-state index in [0.29, 0.717) is 17.7 Å². The first kappa shape index (κ1) is 13.1. The molecule has 0 aliphatic carbocycles. The van der Waals surface area contributed by atoms with Gasteiger partial charge in [0.15, 0.2) is 0 Å². The van der Waals surface area contributed by atoms with Crippen LogP contribution in [-0.4, -0.2) is 17.4 Å². The van der Waals surface area contributed by atoms with Gasteiger partial charge >= 0.3 is 0 Å². The van der Waals surface area contributed by atoms with E-state index in [0.717, 1.165) is 12.0 Å². The molecule has 1 heterocycles. The monoisotopic (exact) mass is 289 g/mol. The fourth-order valence-electron chi connectivity index (χ4n) is 2.50. The van der Waals surface area contributed by atoms with Crippen LogP contribution in [0, 0.1) is 5.82 Å². The number of benzene rings is 2. The Balaban J connectivity index is 1.87. The van der Waals surface area contributed by atoms with Gasteiger partial charge in [-0.15, -0.1) is 0 Å². The molecule has 0 saturated heterocycles. The van der Waals surface area contributed by atoms with E-state index in [2.05, 4.69) is 0 Å². The number of hydrogen-bond acceptors (Lipinski definition) is 1. The molecule has 1 aliphatic rings. The maximum Gasteiger partial charge on any atom is 0.254 e. The van der Waals surface area contributed by atoms with Crippen molar-refractivity contribution < 1.29 is 9.18 Å². The first-order valence-corrected chi connectivity index (χ1v) is 6.84. The highest BCUT2D eigenvalue weighted by Crippen LogP contribution is 2.23. The van der Waals surface area contributed by atoms with Crippen LogP contribution >= 0.6 is 11.6 Å². The second-order valence-corrected chi connectivity index (χ2v) is 5.25. The lowest BCUT2D eigenvalue weighted by Crippen LogP contribution is -2.37. The second-order valence-electron chi connectivity index (χ2n) is 4.85. The lowest BCUT2D eigenvalue weighted by atomic mass is 9.98. The van der Waals surface area contributed by atoms with Crippen LogP contribution in [0.2, 0.25) is 5.02 Å². The molecule has 0 atom stereocenters. The molecule has 0 saturated carbocycles. The normalized spacial score (nSPS) is 14.3. The molecule has 1 aliphatic heterocycles. The topological polar surface area (TPSA) is 20.3 Å². The van der Waals surface area contributed by atoms with Crippen molar-refractivity contribution in [2.45, 2.75) is 13.0 Å². The molecule has 0 aromatic heterocycles. The van der Waals surface area contributed by atoms with Crippen molar-refractivity contribution in [1.82, 2.24) is 4.90 Å². The fourth-order valence-corrected chi connectivity index (χ4v) is 2.70. The maximum atomic E-state index is 13.9. The Morgan fingerprint density at radius 3 is 2.80 bits per heavy atom. The molecule has 102 valence electrons. The highest BCUT2D eigenvalue weighted by atomic mass is 35.5. The molecule has 2 nitrogen and oxygen atoms in total. The lowest BCUT2D eigenvalue weighted by Gasteiger charge is -2.28. The minimum Gasteiger partial charge on any atom is -0.334 e. The van der Waals surface area contributed by atoms with Crippen molar-refractivity contribution in [3.63, 3.8) is 0 Å². The Morgan fingerprint density at radius 2 is 1.95 bits per heavy atom. The molecule has 4 heteroatoms. The predicted molar refractivity (Wildman–Crippen MR) is 76.3 cm³/mol. The number of fused-ring (bicyclic) bond motifs is 1. The van der Waals surface area contributed by atoms with Crippen LogP contribution in [0.15, 0.2) is 42.5 Å². The van der Waals surface area contributed by atoms with E-state index in [9.17, 15) is 9.18 Å². The summed E-state index contributed by atoms with van der Waals surface area (Å²) < 4.78 is 13.9. The van der Waals surface area contributed by atoms with Crippen LogP contribution in [0.5, 0.6) is 0 Å². The van der Waals surface area contributed by atoms with Crippen LogP contribution in [0.4, 0.5) is 4.39 Å². The maximum absolute atomic E-state index is 13.9. The van der Waals surface area contributed by atoms with Crippen LogP contribution in [0.1, 0.15) is 21.5 Å². The zero-order valence-corrected chi connectivity index (χ0v) is 11.5. The number of hydrogen-bond donors (Lipinski definition) is 0. The third-order valence-electron chi connectivity index (χ3n) is 3.58. The van der Waals surface area contributed by atoms with Gasteiger partial charge in [0.1, 0.15) is 5.82 Å². The minimum absolute atomic E-state index is 0.0498. The standard InChI is InChI=1S/C16H13ClFNO/c17-14-7-3-5-12(15(14)18)10-19-9-8-11-4-1-2-6-13(11)16(19)20/h1-7H,8-10H2. The van der Waals surface area contributed by atoms with E-state index >= 15 is 0 Å². The summed E-state index contributed by atoms with van der Waals surface area (Å²) in [5, 5.41) is 0.0901. The van der Waals surface area contributed by atoms with Crippen LogP contribution < -0.4 is 0 Å². The van der Waals surface area contributed by atoms with Gasteiger partial charge in [-0.05, 0) is 24.1 Å². The Labute approximate surface area is 121 Å². The van der Waals surface area contributed by atoms with E-state index in [1.165, 1.54) is 6.07 Å². The largest absolute Gasteiger partial charge is 0.334 e. The second kappa shape index (κ2) is 5.25. The third kappa shape index (κ3) is 2.29. The molecule has 2 aromatic rings. The molecular formula is C16H13ClFNO. The van der Waals surface area contributed by atoms with E-state index in [1.54, 1.807) is 17.0 Å². The number of nitrogens with zero attached hydrogens (tertiary/aromatic N) is 1. The van der Waals surface area contributed by atoms with Crippen LogP contribution in [0.25, 0.3) is 0 Å². The highest BCUT2D eigenvalue weighted by Gasteiger charge is 2.24. The smallest absolute Gasteiger partial charge is 0.254 e. The van der Waals surface area contributed by atoms with Gasteiger partial charge in [-0.2, -0.15) is 0 Å². The zero-order valence-electron chi connectivity index (χ0n) is 10.8. The van der Waals surface area contributed by atoms with Crippen LogP contribution in [0.3, 0.4) is 0 Å². The van der Waals surface area contributed by atoms with Crippen molar-refractivity contribution in [2.75, 3.05) is 6.54 Å². The van der Waals surface area contributed by atoms with Gasteiger partial charge < -0.3 is 4.90 Å². The number of rotatable bonds is 2. The molecule has 1 amide bonds. The molecule has 0 unspecified atom stereocenters. The molecule has 0 bridgehead atoms. The average Bonchev–Trinajstić information content (AvgIpc) is 2.47. The van der Waals surface area contributed by atoms with Gasteiger partial charge in [0.05, 0.1) is 5.02 Å². The Hall–Kier alpha value is -1.87. The van der Waals surface area contributed by atoms with Gasteiger partial charge in [-0.25, -0.2) is 4.39 Å². The summed E-state index contributed by atoms with van der Waals surface area (Å²) in [6.45, 7) is 0.849. The van der Waals surface area contributed by atoms with Crippen LogP contribution in [-0.2, 0) is 13.0 Å². The summed E-state index contributed by atoms with van der Waals surface area (Å²) in [6, 6.07) is 12.4. The molecule has 20 heavy (non-hydrogen) atoms. The Kier molecular flexibility index (Phi) is 3.45. The molecule has 3 rings (SSSR count). The van der Waals surface area contributed by atoms with Gasteiger partial charge in [-0.1, -0.05) is 41.9 Å². The van der Waals surface area contributed by atoms with Gasteiger partial charge in [0, 0.05) is 24.2 Å². The number of carbonyl (C=O) groups is 1. The number of carbonyl (C=O) groups excluding carboxylic acids is 1. The van der Waals surface area contributed by atoms with E-state index in [4.69, 9.17) is 11.6 Å². The molecule has 0 spiro atoms. The quantitative estimate of drug-likeness (QED) is 0.826. The average molecular weight is 290 g/mol. The summed E-state index contributed by atoms with van der Waals surface area (Å²) in [6.07, 6.45) is 0.796. The van der Waals surface area contributed by atoms with Crippen molar-refractivity contribution in [3.8, 4) is 0 Å². The zero-order chi connectivity index (χ0) is 14.1. The Morgan fingerprint density at radius 1 is 1.15 bits per heavy atom. The van der Waals surface area contributed by atoms with Crippen molar-refractivity contribution in [1.29, 1.82) is 0 Å². The van der Waals surface area contributed by atoms with Crippen molar-refractivity contribution in [2.24, 2.45) is 0 Å². The minimum atomic E-state index is -0.444. The van der Waals surface area contributed by atoms with Crippen molar-refractivity contribution in [3.05, 3.63) is 70.0 Å². The fraction of sp³-hybridized carbons (Fsp3) is 0.188. The van der Waals surface area contributed by atoms with E-state index in [-0.39, 0.29) is 17.5 Å². The summed E-state index contributed by atoms with van der Waals surface area (Å²) >= 11 is 5.77. The van der Waals surface area contributed by atoms with E-state index < -0.39 is 5.82 Å². The summed E-state index contributed by atoms with van der Waals surface area (Å²) in [5.74, 6) is -0.493. The number of halogens is 2. The SMILES string of the molecule is O=C1c2ccccc2CCN1Cc1cccc(Cl)c1F. The lowest BCUT2D eigenvalue weighted by molar-refractivity contribution is 0.0725. The van der Waals surface area contributed by atoms with Crippen molar-refractivity contribution >= 4 is 17.5 Å². The Bertz CT molecular complexity index is 671. The van der Waals surface area contributed by atoms with Gasteiger partial charge in [0.25, 0.3) is 5.91 Å². The van der Waals surface area contributed by atoms with E-state index in [1.807, 2.05) is 24.3 Å². The molecule has 0 fully saturated rings. The summed E-state index contributed by atoms with van der Waals surface area (Å²) in [7, 11) is 0. The first-order chi connectivity index (χ1) is 9.66. The highest BCUT2D eigenvalue weighted by molar-refractivity contribution is 6.30. The summed E-state index contributed by atoms with van der Waals surface area (Å²) in [4.78, 5) is 14.1. The molecule has 0 N–H and O–H groups in total. The molecule has 2 aromatic carbocycles. The predicted octanol–water partition coefficient (Wildman–Crippen LogP) is 3.68.